The van der Waals surface area contributed by atoms with Crippen LogP contribution in [0.5, 0.6) is 0 Å². The van der Waals surface area contributed by atoms with Crippen LogP contribution in [0.15, 0.2) is 49.3 Å². The Morgan fingerprint density at radius 3 is 3.00 bits per heavy atom. The fourth-order valence-corrected chi connectivity index (χ4v) is 3.85. The predicted octanol–water partition coefficient (Wildman–Crippen LogP) is 3.55. The molecule has 4 aromatic heterocycles. The lowest BCUT2D eigenvalue weighted by molar-refractivity contribution is 0.500. The highest BCUT2D eigenvalue weighted by molar-refractivity contribution is 6.30. The highest BCUT2D eigenvalue weighted by atomic mass is 35.5. The molecular formula is C19H18ClN7. The summed E-state index contributed by atoms with van der Waals surface area (Å²) in [6.45, 7) is 1.89. The number of fused-ring (bicyclic) bond motifs is 1. The highest BCUT2D eigenvalue weighted by Gasteiger charge is 2.24. The number of imidazole rings is 2. The number of H-pyrrole nitrogens is 1. The Bertz CT molecular complexity index is 1070. The van der Waals surface area contributed by atoms with Gasteiger partial charge in [0, 0.05) is 37.6 Å². The second-order valence-corrected chi connectivity index (χ2v) is 7.17. The van der Waals surface area contributed by atoms with Gasteiger partial charge >= 0.3 is 0 Å². The number of nitrogens with one attached hydrogen (secondary N) is 1. The molecule has 8 heteroatoms. The van der Waals surface area contributed by atoms with Crippen LogP contribution in [0.25, 0.3) is 17.2 Å². The molecule has 0 radical (unpaired) electrons. The average Bonchev–Trinajstić information content (AvgIpc) is 3.38. The molecule has 1 atom stereocenters. The fraction of sp³-hybridized carbons (Fsp3) is 0.263. The van der Waals surface area contributed by atoms with Gasteiger partial charge in [-0.3, -0.25) is 4.40 Å². The van der Waals surface area contributed by atoms with Crippen LogP contribution in [0.4, 0.5) is 5.82 Å². The van der Waals surface area contributed by atoms with Gasteiger partial charge in [-0.25, -0.2) is 19.9 Å². The zero-order valence-corrected chi connectivity index (χ0v) is 15.3. The van der Waals surface area contributed by atoms with Crippen molar-refractivity contribution in [2.24, 2.45) is 0 Å². The van der Waals surface area contributed by atoms with Crippen LogP contribution in [-0.2, 0) is 0 Å². The van der Waals surface area contributed by atoms with Crippen LogP contribution in [0.2, 0.25) is 5.02 Å². The van der Waals surface area contributed by atoms with Gasteiger partial charge in [0.2, 0.25) is 0 Å². The Balaban J connectivity index is 1.47. The van der Waals surface area contributed by atoms with Crippen LogP contribution in [0.1, 0.15) is 24.5 Å². The maximum absolute atomic E-state index is 6.15. The summed E-state index contributed by atoms with van der Waals surface area (Å²) >= 11 is 6.15. The van der Waals surface area contributed by atoms with Gasteiger partial charge in [-0.05, 0) is 31.0 Å². The Labute approximate surface area is 161 Å². The first-order valence-corrected chi connectivity index (χ1v) is 9.35. The molecule has 1 fully saturated rings. The van der Waals surface area contributed by atoms with Crippen molar-refractivity contribution in [3.8, 4) is 11.5 Å². The summed E-state index contributed by atoms with van der Waals surface area (Å²) < 4.78 is 1.92. The third kappa shape index (κ3) is 3.04. The number of aromatic nitrogens is 6. The molecule has 0 aromatic carbocycles. The van der Waals surface area contributed by atoms with E-state index in [2.05, 4.69) is 24.8 Å². The minimum Gasteiger partial charge on any atom is -0.356 e. The van der Waals surface area contributed by atoms with Crippen molar-refractivity contribution in [3.05, 3.63) is 60.0 Å². The maximum Gasteiger partial charge on any atom is 0.180 e. The molecule has 1 saturated heterocycles. The Morgan fingerprint density at radius 1 is 1.15 bits per heavy atom. The Kier molecular flexibility index (Phi) is 4.01. The Hall–Kier alpha value is -2.93. The predicted molar refractivity (Wildman–Crippen MR) is 104 cm³/mol. The lowest BCUT2D eigenvalue weighted by atomic mass is 9.95. The van der Waals surface area contributed by atoms with Crippen molar-refractivity contribution in [1.82, 2.24) is 29.3 Å². The molecule has 5 heterocycles. The summed E-state index contributed by atoms with van der Waals surface area (Å²) in [5, 5.41) is 0.649. The molecule has 0 bridgehead atoms. The van der Waals surface area contributed by atoms with E-state index in [4.69, 9.17) is 16.6 Å². The molecule has 0 saturated carbocycles. The summed E-state index contributed by atoms with van der Waals surface area (Å²) in [4.78, 5) is 23.5. The van der Waals surface area contributed by atoms with Crippen molar-refractivity contribution in [3.63, 3.8) is 0 Å². The second-order valence-electron chi connectivity index (χ2n) is 6.74. The molecule has 1 aliphatic rings. The zero-order chi connectivity index (χ0) is 18.2. The molecule has 5 rings (SSSR count). The molecule has 0 amide bonds. The van der Waals surface area contributed by atoms with E-state index in [0.717, 1.165) is 48.8 Å². The molecule has 136 valence electrons. The topological polar surface area (TPSA) is 75.0 Å². The molecule has 1 N–H and O–H groups in total. The zero-order valence-electron chi connectivity index (χ0n) is 14.6. The van der Waals surface area contributed by atoms with Crippen molar-refractivity contribution in [1.29, 1.82) is 0 Å². The number of halogens is 1. The first-order valence-electron chi connectivity index (χ1n) is 8.97. The molecule has 0 aliphatic carbocycles. The van der Waals surface area contributed by atoms with E-state index in [1.807, 2.05) is 35.0 Å². The van der Waals surface area contributed by atoms with Crippen LogP contribution >= 0.6 is 11.6 Å². The maximum atomic E-state index is 6.15. The van der Waals surface area contributed by atoms with Gasteiger partial charge in [-0.1, -0.05) is 11.6 Å². The molecular weight excluding hydrogens is 362 g/mol. The SMILES string of the molecule is Clc1ccc2ncc(-c3nccc(N4CCCC(c5c[nH]cn5)C4)n3)n2c1. The van der Waals surface area contributed by atoms with Gasteiger partial charge in [0.15, 0.2) is 5.82 Å². The molecule has 0 spiro atoms. The number of aromatic amines is 1. The third-order valence-electron chi connectivity index (χ3n) is 5.02. The van der Waals surface area contributed by atoms with E-state index >= 15 is 0 Å². The summed E-state index contributed by atoms with van der Waals surface area (Å²) in [6, 6.07) is 5.68. The lowest BCUT2D eigenvalue weighted by Gasteiger charge is -2.32. The van der Waals surface area contributed by atoms with Crippen LogP contribution in [0, 0.1) is 0 Å². The van der Waals surface area contributed by atoms with Crippen molar-refractivity contribution >= 4 is 23.1 Å². The lowest BCUT2D eigenvalue weighted by Crippen LogP contribution is -2.35. The van der Waals surface area contributed by atoms with Crippen LogP contribution in [0.3, 0.4) is 0 Å². The van der Waals surface area contributed by atoms with Crippen LogP contribution in [-0.4, -0.2) is 42.4 Å². The Morgan fingerprint density at radius 2 is 2.11 bits per heavy atom. The fourth-order valence-electron chi connectivity index (χ4n) is 3.69. The van der Waals surface area contributed by atoms with Gasteiger partial charge in [-0.2, -0.15) is 0 Å². The average molecular weight is 380 g/mol. The molecule has 27 heavy (non-hydrogen) atoms. The normalized spacial score (nSPS) is 17.5. The largest absolute Gasteiger partial charge is 0.356 e. The van der Waals surface area contributed by atoms with E-state index in [1.54, 1.807) is 18.7 Å². The van der Waals surface area contributed by atoms with Gasteiger partial charge in [-0.15, -0.1) is 0 Å². The quantitative estimate of drug-likeness (QED) is 0.589. The van der Waals surface area contributed by atoms with Gasteiger partial charge < -0.3 is 9.88 Å². The summed E-state index contributed by atoms with van der Waals surface area (Å²) in [5.74, 6) is 1.99. The molecule has 4 aromatic rings. The highest BCUT2D eigenvalue weighted by Crippen LogP contribution is 2.29. The smallest absolute Gasteiger partial charge is 0.180 e. The van der Waals surface area contributed by atoms with Gasteiger partial charge in [0.25, 0.3) is 0 Å². The standard InChI is InChI=1S/C19H18ClN7/c20-14-3-4-17-23-9-16(27(17)11-14)19-22-6-5-18(25-19)26-7-1-2-13(10-26)15-8-21-12-24-15/h3-6,8-9,11-13H,1-2,7,10H2,(H,21,24). The van der Waals surface area contributed by atoms with E-state index in [-0.39, 0.29) is 0 Å². The summed E-state index contributed by atoms with van der Waals surface area (Å²) in [5.41, 5.74) is 2.76. The molecule has 1 aliphatic heterocycles. The van der Waals surface area contributed by atoms with Crippen molar-refractivity contribution in [2.75, 3.05) is 18.0 Å². The second kappa shape index (κ2) is 6.66. The van der Waals surface area contributed by atoms with Crippen molar-refractivity contribution < 1.29 is 0 Å². The van der Waals surface area contributed by atoms with Crippen molar-refractivity contribution in [2.45, 2.75) is 18.8 Å². The number of anilines is 1. The van der Waals surface area contributed by atoms with E-state index in [0.29, 0.717) is 16.8 Å². The molecule has 7 nitrogen and oxygen atoms in total. The number of piperidine rings is 1. The number of rotatable bonds is 3. The van der Waals surface area contributed by atoms with Gasteiger partial charge in [0.05, 0.1) is 23.2 Å². The minimum atomic E-state index is 0.415. The van der Waals surface area contributed by atoms with E-state index in [9.17, 15) is 0 Å². The third-order valence-corrected chi connectivity index (χ3v) is 5.25. The first kappa shape index (κ1) is 16.3. The number of nitrogens with zero attached hydrogens (tertiary/aromatic N) is 6. The van der Waals surface area contributed by atoms with E-state index in [1.165, 1.54) is 0 Å². The summed E-state index contributed by atoms with van der Waals surface area (Å²) in [6.07, 6.45) is 11.4. The number of pyridine rings is 1. The minimum absolute atomic E-state index is 0.415. The van der Waals surface area contributed by atoms with Gasteiger partial charge in [0.1, 0.15) is 17.2 Å². The molecule has 1 unspecified atom stereocenters. The monoisotopic (exact) mass is 379 g/mol. The number of hydrogen-bond donors (Lipinski definition) is 1. The number of hydrogen-bond acceptors (Lipinski definition) is 5. The van der Waals surface area contributed by atoms with Crippen LogP contribution < -0.4 is 4.90 Å². The van der Waals surface area contributed by atoms with E-state index < -0.39 is 0 Å². The summed E-state index contributed by atoms with van der Waals surface area (Å²) in [7, 11) is 0. The first-order chi connectivity index (χ1) is 13.3.